The quantitative estimate of drug-likeness (QED) is 0.871. The van der Waals surface area contributed by atoms with Gasteiger partial charge in [-0.05, 0) is 51.4 Å². The van der Waals surface area contributed by atoms with Crippen LogP contribution in [0.5, 0.6) is 0 Å². The molecular weight excluding hydrogens is 224 g/mol. The summed E-state index contributed by atoms with van der Waals surface area (Å²) < 4.78 is 5.63. The lowest BCUT2D eigenvalue weighted by molar-refractivity contribution is 0.249. The maximum Gasteiger partial charge on any atom is 0.118 e. The number of hydrogen-bond acceptors (Lipinski definition) is 3. The first-order chi connectivity index (χ1) is 8.81. The fourth-order valence-electron chi connectivity index (χ4n) is 2.82. The molecule has 0 saturated carbocycles. The molecule has 0 spiro atoms. The fraction of sp³-hybridized carbons (Fsp3) is 0.733. The van der Waals surface area contributed by atoms with E-state index in [2.05, 4.69) is 23.2 Å². The third-order valence-corrected chi connectivity index (χ3v) is 3.99. The van der Waals surface area contributed by atoms with Crippen LogP contribution in [0, 0.1) is 5.92 Å². The van der Waals surface area contributed by atoms with Gasteiger partial charge in [-0.1, -0.05) is 13.3 Å². The smallest absolute Gasteiger partial charge is 0.118 e. The summed E-state index contributed by atoms with van der Waals surface area (Å²) in [6.45, 7) is 6.62. The molecule has 3 heteroatoms. The highest BCUT2D eigenvalue weighted by Crippen LogP contribution is 2.21. The topological polar surface area (TPSA) is 28.4 Å². The monoisotopic (exact) mass is 250 g/mol. The highest BCUT2D eigenvalue weighted by Gasteiger charge is 2.16. The Bertz CT molecular complexity index is 348. The average molecular weight is 250 g/mol. The zero-order chi connectivity index (χ0) is 12.8. The fourth-order valence-corrected chi connectivity index (χ4v) is 2.82. The van der Waals surface area contributed by atoms with Crippen LogP contribution in [0.3, 0.4) is 0 Å². The summed E-state index contributed by atoms with van der Waals surface area (Å²) in [5.41, 5.74) is 1.24. The van der Waals surface area contributed by atoms with Crippen molar-refractivity contribution in [1.29, 1.82) is 0 Å². The van der Waals surface area contributed by atoms with Crippen LogP contribution >= 0.6 is 0 Å². The summed E-state index contributed by atoms with van der Waals surface area (Å²) >= 11 is 0. The Hall–Kier alpha value is -0.800. The van der Waals surface area contributed by atoms with Gasteiger partial charge in [-0.25, -0.2) is 0 Å². The van der Waals surface area contributed by atoms with Crippen molar-refractivity contribution in [1.82, 2.24) is 10.2 Å². The summed E-state index contributed by atoms with van der Waals surface area (Å²) in [7, 11) is 1.96. The van der Waals surface area contributed by atoms with Crippen molar-refractivity contribution in [3.8, 4) is 0 Å². The standard InChI is InChI=1S/C15H26N2O/c1-3-13-5-4-7-17(8-6-13)11-15-9-14(10-16-2)12-18-15/h9,12-13,16H,3-8,10-11H2,1-2H3. The molecule has 18 heavy (non-hydrogen) atoms. The predicted octanol–water partition coefficient (Wildman–Crippen LogP) is 3.01. The number of nitrogens with zero attached hydrogens (tertiary/aromatic N) is 1. The van der Waals surface area contributed by atoms with Crippen LogP contribution in [0.2, 0.25) is 0 Å². The highest BCUT2D eigenvalue weighted by atomic mass is 16.3. The van der Waals surface area contributed by atoms with Gasteiger partial charge < -0.3 is 9.73 Å². The Kier molecular flexibility index (Phi) is 5.26. The summed E-state index contributed by atoms with van der Waals surface area (Å²) in [5, 5.41) is 3.15. The molecule has 1 N–H and O–H groups in total. The van der Waals surface area contributed by atoms with Gasteiger partial charge in [0.25, 0.3) is 0 Å². The second kappa shape index (κ2) is 6.95. The zero-order valence-corrected chi connectivity index (χ0v) is 11.7. The van der Waals surface area contributed by atoms with Gasteiger partial charge in [0.1, 0.15) is 5.76 Å². The van der Waals surface area contributed by atoms with E-state index in [0.717, 1.165) is 24.8 Å². The number of nitrogens with one attached hydrogen (secondary N) is 1. The van der Waals surface area contributed by atoms with E-state index < -0.39 is 0 Å². The molecule has 0 aromatic carbocycles. The van der Waals surface area contributed by atoms with E-state index in [9.17, 15) is 0 Å². The molecule has 1 saturated heterocycles. The zero-order valence-electron chi connectivity index (χ0n) is 11.7. The second-order valence-electron chi connectivity index (χ2n) is 5.43. The Morgan fingerprint density at radius 2 is 2.28 bits per heavy atom. The van der Waals surface area contributed by atoms with Crippen LogP contribution in [-0.4, -0.2) is 25.0 Å². The van der Waals surface area contributed by atoms with E-state index in [1.807, 2.05) is 13.3 Å². The molecule has 1 aromatic rings. The van der Waals surface area contributed by atoms with Crippen LogP contribution in [0.4, 0.5) is 0 Å². The molecule has 1 unspecified atom stereocenters. The van der Waals surface area contributed by atoms with Crippen molar-refractivity contribution in [3.63, 3.8) is 0 Å². The number of furan rings is 1. The van der Waals surface area contributed by atoms with Gasteiger partial charge in [0.15, 0.2) is 0 Å². The molecule has 1 fully saturated rings. The molecule has 3 nitrogen and oxygen atoms in total. The maximum atomic E-state index is 5.63. The molecule has 0 bridgehead atoms. The van der Waals surface area contributed by atoms with Gasteiger partial charge in [0, 0.05) is 12.1 Å². The molecule has 0 amide bonds. The van der Waals surface area contributed by atoms with Crippen molar-refractivity contribution in [2.75, 3.05) is 20.1 Å². The van der Waals surface area contributed by atoms with Crippen LogP contribution in [0.15, 0.2) is 16.7 Å². The third kappa shape index (κ3) is 3.85. The van der Waals surface area contributed by atoms with Gasteiger partial charge in [-0.3, -0.25) is 4.90 Å². The first kappa shape index (κ1) is 13.6. The van der Waals surface area contributed by atoms with E-state index in [4.69, 9.17) is 4.42 Å². The molecule has 2 rings (SSSR count). The lowest BCUT2D eigenvalue weighted by Gasteiger charge is -2.18. The average Bonchev–Trinajstić information content (AvgIpc) is 2.68. The molecule has 1 aromatic heterocycles. The molecule has 0 aliphatic carbocycles. The molecule has 102 valence electrons. The molecule has 1 aliphatic heterocycles. The Balaban J connectivity index is 1.84. The van der Waals surface area contributed by atoms with Crippen LogP contribution in [0.25, 0.3) is 0 Å². The largest absolute Gasteiger partial charge is 0.468 e. The lowest BCUT2D eigenvalue weighted by atomic mass is 9.98. The van der Waals surface area contributed by atoms with Gasteiger partial charge in [0.2, 0.25) is 0 Å². The van der Waals surface area contributed by atoms with Gasteiger partial charge in [-0.15, -0.1) is 0 Å². The minimum absolute atomic E-state index is 0.890. The van der Waals surface area contributed by atoms with Gasteiger partial charge >= 0.3 is 0 Å². The maximum absolute atomic E-state index is 5.63. The van der Waals surface area contributed by atoms with Crippen LogP contribution in [-0.2, 0) is 13.1 Å². The van der Waals surface area contributed by atoms with E-state index in [-0.39, 0.29) is 0 Å². The van der Waals surface area contributed by atoms with Crippen molar-refractivity contribution in [2.24, 2.45) is 5.92 Å². The Morgan fingerprint density at radius 3 is 3.06 bits per heavy atom. The Morgan fingerprint density at radius 1 is 1.39 bits per heavy atom. The first-order valence-electron chi connectivity index (χ1n) is 7.25. The predicted molar refractivity (Wildman–Crippen MR) is 74.4 cm³/mol. The molecule has 1 aliphatic rings. The number of rotatable bonds is 5. The number of hydrogen-bond donors (Lipinski definition) is 1. The lowest BCUT2D eigenvalue weighted by Crippen LogP contribution is -2.24. The van der Waals surface area contributed by atoms with Crippen LogP contribution in [0.1, 0.15) is 43.9 Å². The molecule has 2 heterocycles. The Labute approximate surface area is 111 Å². The normalized spacial score (nSPS) is 22.0. The van der Waals surface area contributed by atoms with Crippen molar-refractivity contribution >= 4 is 0 Å². The van der Waals surface area contributed by atoms with E-state index >= 15 is 0 Å². The minimum atomic E-state index is 0.890. The summed E-state index contributed by atoms with van der Waals surface area (Å²) in [6.07, 6.45) is 7.29. The van der Waals surface area contributed by atoms with Crippen LogP contribution < -0.4 is 5.32 Å². The SMILES string of the molecule is CCC1CCCN(Cc2cc(CNC)co2)CC1. The molecule has 1 atom stereocenters. The summed E-state index contributed by atoms with van der Waals surface area (Å²) in [5.74, 6) is 2.04. The van der Waals surface area contributed by atoms with Crippen molar-refractivity contribution < 1.29 is 4.42 Å². The van der Waals surface area contributed by atoms with Crippen molar-refractivity contribution in [3.05, 3.63) is 23.7 Å². The third-order valence-electron chi connectivity index (χ3n) is 3.99. The van der Waals surface area contributed by atoms with Gasteiger partial charge in [0.05, 0.1) is 12.8 Å². The minimum Gasteiger partial charge on any atom is -0.468 e. The number of likely N-dealkylation sites (tertiary alicyclic amines) is 1. The van der Waals surface area contributed by atoms with E-state index in [1.54, 1.807) is 0 Å². The summed E-state index contributed by atoms with van der Waals surface area (Å²) in [4.78, 5) is 2.54. The second-order valence-corrected chi connectivity index (χ2v) is 5.43. The van der Waals surface area contributed by atoms with Crippen molar-refractivity contribution in [2.45, 2.75) is 45.7 Å². The molecular formula is C15H26N2O. The van der Waals surface area contributed by atoms with E-state index in [0.29, 0.717) is 0 Å². The van der Waals surface area contributed by atoms with Gasteiger partial charge in [-0.2, -0.15) is 0 Å². The van der Waals surface area contributed by atoms with E-state index in [1.165, 1.54) is 44.3 Å². The first-order valence-corrected chi connectivity index (χ1v) is 7.25. The highest BCUT2D eigenvalue weighted by molar-refractivity contribution is 5.12. The molecule has 0 radical (unpaired) electrons. The summed E-state index contributed by atoms with van der Waals surface area (Å²) in [6, 6.07) is 2.18.